The normalized spacial score (nSPS) is 10.6. The second-order valence-electron chi connectivity index (χ2n) is 4.12. The van der Waals surface area contributed by atoms with Crippen molar-refractivity contribution in [1.82, 2.24) is 14.3 Å². The van der Waals surface area contributed by atoms with Crippen molar-refractivity contribution in [2.24, 2.45) is 0 Å². The van der Waals surface area contributed by atoms with Crippen molar-refractivity contribution in [1.29, 1.82) is 0 Å². The molecule has 0 fully saturated rings. The number of carboxylic acid groups (broad SMARTS) is 1. The summed E-state index contributed by atoms with van der Waals surface area (Å²) >= 11 is 0. The van der Waals surface area contributed by atoms with Gasteiger partial charge in [-0.2, -0.15) is 0 Å². The van der Waals surface area contributed by atoms with Gasteiger partial charge in [-0.3, -0.25) is 9.59 Å². The largest absolute Gasteiger partial charge is 0.481 e. The molecule has 2 aromatic heterocycles. The van der Waals surface area contributed by atoms with Gasteiger partial charge in [0.25, 0.3) is 5.91 Å². The molecule has 0 radical (unpaired) electrons. The van der Waals surface area contributed by atoms with Crippen molar-refractivity contribution in [3.63, 3.8) is 0 Å². The van der Waals surface area contributed by atoms with Crippen LogP contribution in [0.4, 0.5) is 0 Å². The fourth-order valence-corrected chi connectivity index (χ4v) is 1.83. The number of fused-ring (bicyclic) bond motifs is 1. The SMILES string of the molecule is CCN(CCC(=O)O)C(=O)c1cn2ccccc2n1. The zero-order valence-corrected chi connectivity index (χ0v) is 10.6. The lowest BCUT2D eigenvalue weighted by molar-refractivity contribution is -0.137. The molecule has 0 aliphatic rings. The van der Waals surface area contributed by atoms with Crippen LogP contribution in [0.5, 0.6) is 0 Å². The smallest absolute Gasteiger partial charge is 0.305 e. The molecule has 0 spiro atoms. The number of amides is 1. The summed E-state index contributed by atoms with van der Waals surface area (Å²) in [5, 5.41) is 8.67. The number of rotatable bonds is 5. The molecule has 0 aliphatic carbocycles. The molecule has 0 saturated heterocycles. The molecule has 1 amide bonds. The number of carbonyl (C=O) groups is 2. The van der Waals surface area contributed by atoms with Crippen LogP contribution in [-0.4, -0.2) is 44.4 Å². The molecule has 1 N–H and O–H groups in total. The third kappa shape index (κ3) is 2.90. The van der Waals surface area contributed by atoms with E-state index in [0.29, 0.717) is 17.9 Å². The van der Waals surface area contributed by atoms with Crippen molar-refractivity contribution in [2.75, 3.05) is 13.1 Å². The molecule has 6 nitrogen and oxygen atoms in total. The van der Waals surface area contributed by atoms with Gasteiger partial charge in [0.2, 0.25) is 0 Å². The third-order valence-electron chi connectivity index (χ3n) is 2.85. The fraction of sp³-hybridized carbons (Fsp3) is 0.308. The lowest BCUT2D eigenvalue weighted by Crippen LogP contribution is -2.33. The Balaban J connectivity index is 2.18. The number of carbonyl (C=O) groups excluding carboxylic acids is 1. The van der Waals surface area contributed by atoms with E-state index in [1.165, 1.54) is 4.90 Å². The van der Waals surface area contributed by atoms with Crippen molar-refractivity contribution in [3.8, 4) is 0 Å². The summed E-state index contributed by atoms with van der Waals surface area (Å²) in [5.74, 6) is -1.16. The van der Waals surface area contributed by atoms with Crippen LogP contribution in [0.15, 0.2) is 30.6 Å². The summed E-state index contributed by atoms with van der Waals surface area (Å²) < 4.78 is 1.76. The van der Waals surface area contributed by atoms with Crippen molar-refractivity contribution in [3.05, 3.63) is 36.3 Å². The van der Waals surface area contributed by atoms with Crippen molar-refractivity contribution >= 4 is 17.5 Å². The first-order valence-corrected chi connectivity index (χ1v) is 6.06. The summed E-state index contributed by atoms with van der Waals surface area (Å²) in [6, 6.07) is 5.51. The molecule has 0 atom stereocenters. The van der Waals surface area contributed by atoms with E-state index in [2.05, 4.69) is 4.98 Å². The number of pyridine rings is 1. The molecule has 19 heavy (non-hydrogen) atoms. The van der Waals surface area contributed by atoms with Gasteiger partial charge in [0.1, 0.15) is 11.3 Å². The van der Waals surface area contributed by atoms with Crippen LogP contribution in [0.25, 0.3) is 5.65 Å². The highest BCUT2D eigenvalue weighted by Crippen LogP contribution is 2.08. The second kappa shape index (κ2) is 5.51. The summed E-state index contributed by atoms with van der Waals surface area (Å²) in [4.78, 5) is 28.5. The monoisotopic (exact) mass is 261 g/mol. The second-order valence-corrected chi connectivity index (χ2v) is 4.12. The Bertz CT molecular complexity index is 573. The maximum absolute atomic E-state index is 12.2. The van der Waals surface area contributed by atoms with Crippen molar-refractivity contribution < 1.29 is 14.7 Å². The lowest BCUT2D eigenvalue weighted by Gasteiger charge is -2.18. The molecule has 0 bridgehead atoms. The van der Waals surface area contributed by atoms with Crippen LogP contribution in [0, 0.1) is 0 Å². The van der Waals surface area contributed by atoms with E-state index < -0.39 is 5.97 Å². The lowest BCUT2D eigenvalue weighted by atomic mass is 10.3. The first-order valence-electron chi connectivity index (χ1n) is 6.06. The van der Waals surface area contributed by atoms with Gasteiger partial charge in [-0.25, -0.2) is 4.98 Å². The molecule has 0 aliphatic heterocycles. The quantitative estimate of drug-likeness (QED) is 0.879. The molecular weight excluding hydrogens is 246 g/mol. The topological polar surface area (TPSA) is 74.9 Å². The number of imidazole rings is 1. The zero-order chi connectivity index (χ0) is 13.8. The minimum absolute atomic E-state index is 0.0625. The van der Waals surface area contributed by atoms with Crippen molar-refractivity contribution in [2.45, 2.75) is 13.3 Å². The van der Waals surface area contributed by atoms with E-state index in [1.807, 2.05) is 31.3 Å². The Labute approximate surface area is 110 Å². The van der Waals surface area contributed by atoms with Crippen LogP contribution >= 0.6 is 0 Å². The zero-order valence-electron chi connectivity index (χ0n) is 10.6. The van der Waals surface area contributed by atoms with Gasteiger partial charge in [-0.1, -0.05) is 6.07 Å². The maximum Gasteiger partial charge on any atom is 0.305 e. The summed E-state index contributed by atoms with van der Waals surface area (Å²) in [5.41, 5.74) is 1.03. The maximum atomic E-state index is 12.2. The van der Waals surface area contributed by atoms with E-state index in [9.17, 15) is 9.59 Å². The fourth-order valence-electron chi connectivity index (χ4n) is 1.83. The first kappa shape index (κ1) is 13.1. The van der Waals surface area contributed by atoms with Crippen LogP contribution < -0.4 is 0 Å². The number of aliphatic carboxylic acids is 1. The Kier molecular flexibility index (Phi) is 3.79. The molecule has 100 valence electrons. The minimum atomic E-state index is -0.916. The van der Waals surface area contributed by atoms with E-state index in [1.54, 1.807) is 10.6 Å². The molecule has 2 heterocycles. The van der Waals surface area contributed by atoms with E-state index in [4.69, 9.17) is 5.11 Å². The van der Waals surface area contributed by atoms with Gasteiger partial charge in [-0.15, -0.1) is 0 Å². The van der Waals surface area contributed by atoms with Gasteiger partial charge < -0.3 is 14.4 Å². The van der Waals surface area contributed by atoms with E-state index in [0.717, 1.165) is 0 Å². The number of aromatic nitrogens is 2. The van der Waals surface area contributed by atoms with Crippen LogP contribution in [0.1, 0.15) is 23.8 Å². The molecule has 0 aromatic carbocycles. The van der Waals surface area contributed by atoms with Gasteiger partial charge in [0, 0.05) is 25.5 Å². The molecule has 2 aromatic rings. The summed E-state index contributed by atoms with van der Waals surface area (Å²) in [6.45, 7) is 2.47. The minimum Gasteiger partial charge on any atom is -0.481 e. The summed E-state index contributed by atoms with van der Waals surface area (Å²) in [6.07, 6.45) is 3.40. The molecule has 2 rings (SSSR count). The van der Waals surface area contributed by atoms with Gasteiger partial charge >= 0.3 is 5.97 Å². The number of hydrogen-bond acceptors (Lipinski definition) is 3. The van der Waals surface area contributed by atoms with E-state index >= 15 is 0 Å². The number of nitrogens with zero attached hydrogens (tertiary/aromatic N) is 3. The molecular formula is C13H15N3O3. The number of carboxylic acids is 1. The van der Waals surface area contributed by atoms with Crippen LogP contribution in [0.2, 0.25) is 0 Å². The standard InChI is InChI=1S/C13H15N3O3/c1-2-15(8-6-12(17)18)13(19)10-9-16-7-4-3-5-11(16)14-10/h3-5,7,9H,2,6,8H2,1H3,(H,17,18). The predicted octanol–water partition coefficient (Wildman–Crippen LogP) is 1.27. The molecule has 0 unspecified atom stereocenters. The molecule has 6 heteroatoms. The van der Waals surface area contributed by atoms with Gasteiger partial charge in [-0.05, 0) is 19.1 Å². The van der Waals surface area contributed by atoms with Crippen LogP contribution in [0.3, 0.4) is 0 Å². The van der Waals surface area contributed by atoms with Crippen LogP contribution in [-0.2, 0) is 4.79 Å². The Morgan fingerprint density at radius 1 is 1.42 bits per heavy atom. The highest BCUT2D eigenvalue weighted by atomic mass is 16.4. The predicted molar refractivity (Wildman–Crippen MR) is 69.0 cm³/mol. The summed E-state index contributed by atoms with van der Waals surface area (Å²) in [7, 11) is 0. The average molecular weight is 261 g/mol. The Morgan fingerprint density at radius 2 is 2.21 bits per heavy atom. The van der Waals surface area contributed by atoms with Gasteiger partial charge in [0.15, 0.2) is 0 Å². The number of hydrogen-bond donors (Lipinski definition) is 1. The Hall–Kier alpha value is -2.37. The van der Waals surface area contributed by atoms with Gasteiger partial charge in [0.05, 0.1) is 6.42 Å². The van der Waals surface area contributed by atoms with E-state index in [-0.39, 0.29) is 18.9 Å². The molecule has 0 saturated carbocycles. The average Bonchev–Trinajstić information content (AvgIpc) is 2.82. The third-order valence-corrected chi connectivity index (χ3v) is 2.85. The highest BCUT2D eigenvalue weighted by molar-refractivity contribution is 5.93. The Morgan fingerprint density at radius 3 is 2.84 bits per heavy atom. The highest BCUT2D eigenvalue weighted by Gasteiger charge is 2.18. The first-order chi connectivity index (χ1) is 9.11.